The van der Waals surface area contributed by atoms with E-state index in [-0.39, 0.29) is 10.8 Å². The normalized spacial score (nSPS) is 27.9. The highest BCUT2D eigenvalue weighted by atomic mass is 16.4. The first-order chi connectivity index (χ1) is 14.2. The molecule has 4 rings (SSSR count). The Morgan fingerprint density at radius 2 is 1.93 bits per heavy atom. The van der Waals surface area contributed by atoms with Gasteiger partial charge in [0.05, 0.1) is 16.8 Å². The van der Waals surface area contributed by atoms with Gasteiger partial charge in [0.25, 0.3) is 0 Å². The van der Waals surface area contributed by atoms with Crippen molar-refractivity contribution in [2.45, 2.75) is 78.1 Å². The molecule has 1 unspecified atom stereocenters. The largest absolute Gasteiger partial charge is 0.494 e. The van der Waals surface area contributed by atoms with E-state index in [4.69, 9.17) is 4.42 Å². The maximum atomic E-state index is 10.3. The minimum Gasteiger partial charge on any atom is -0.461 e. The molecule has 0 bridgehead atoms. The van der Waals surface area contributed by atoms with Crippen molar-refractivity contribution in [1.82, 2.24) is 0 Å². The van der Waals surface area contributed by atoms with Crippen LogP contribution in [0, 0.1) is 11.3 Å². The number of hydrogen-bond acceptors (Lipinski definition) is 5. The van der Waals surface area contributed by atoms with Gasteiger partial charge in [0.2, 0.25) is 0 Å². The van der Waals surface area contributed by atoms with Crippen molar-refractivity contribution >= 4 is 34.9 Å². The smallest absolute Gasteiger partial charge is 0.461 e. The second-order valence-corrected chi connectivity index (χ2v) is 10.4. The monoisotopic (exact) mass is 412 g/mol. The Balaban J connectivity index is 2.08. The number of furan rings is 1. The number of fused-ring (bicyclic) bond motifs is 5. The summed E-state index contributed by atoms with van der Waals surface area (Å²) in [7, 11) is 0.275. The molecular weight excluding hydrogens is 375 g/mol. The van der Waals surface area contributed by atoms with Crippen LogP contribution in [0.2, 0.25) is 0 Å². The summed E-state index contributed by atoms with van der Waals surface area (Å²) in [4.78, 5) is 0. The summed E-state index contributed by atoms with van der Waals surface area (Å²) < 4.78 is 6.56. The molecule has 164 valence electrons. The summed E-state index contributed by atoms with van der Waals surface area (Å²) in [6.45, 7) is 12.2. The van der Waals surface area contributed by atoms with E-state index in [1.165, 1.54) is 24.8 Å². The molecule has 0 radical (unpaired) electrons. The lowest BCUT2D eigenvalue weighted by Gasteiger charge is -2.50. The first-order valence-electron chi connectivity index (χ1n) is 11.6. The molecule has 0 spiro atoms. The van der Waals surface area contributed by atoms with Gasteiger partial charge in [-0.2, -0.15) is 0 Å². The Kier molecular flexibility index (Phi) is 5.38. The summed E-state index contributed by atoms with van der Waals surface area (Å²) in [5.41, 5.74) is 4.27. The van der Waals surface area contributed by atoms with E-state index in [2.05, 4.69) is 44.4 Å². The van der Waals surface area contributed by atoms with Gasteiger partial charge < -0.3 is 25.1 Å². The molecule has 1 aromatic carbocycles. The number of hydrogen-bond donors (Lipinski definition) is 4. The third-order valence-corrected chi connectivity index (χ3v) is 8.06. The van der Waals surface area contributed by atoms with Gasteiger partial charge in [-0.25, -0.2) is 0 Å². The Morgan fingerprint density at radius 3 is 2.57 bits per heavy atom. The molecule has 1 fully saturated rings. The maximum absolute atomic E-state index is 10.3. The highest BCUT2D eigenvalue weighted by Crippen LogP contribution is 2.59. The molecule has 5 nitrogen and oxygen atoms in total. The van der Waals surface area contributed by atoms with E-state index in [1.54, 1.807) is 0 Å². The zero-order valence-electron chi connectivity index (χ0n) is 19.4. The summed E-state index contributed by atoms with van der Waals surface area (Å²) in [5, 5.41) is 28.3. The quantitative estimate of drug-likeness (QED) is 0.554. The highest BCUT2D eigenvalue weighted by molar-refractivity contribution is 6.64. The first kappa shape index (κ1) is 21.6. The van der Waals surface area contributed by atoms with Crippen LogP contribution in [0.4, 0.5) is 11.4 Å². The van der Waals surface area contributed by atoms with Crippen molar-refractivity contribution in [3.63, 3.8) is 0 Å². The molecule has 30 heavy (non-hydrogen) atoms. The topological polar surface area (TPSA) is 77.7 Å². The molecule has 2 aliphatic carbocycles. The molecule has 2 aromatic rings. The van der Waals surface area contributed by atoms with Gasteiger partial charge in [0.1, 0.15) is 11.3 Å². The Labute approximate surface area is 180 Å². The van der Waals surface area contributed by atoms with Crippen LogP contribution < -0.4 is 16.1 Å². The Morgan fingerprint density at radius 1 is 1.20 bits per heavy atom. The van der Waals surface area contributed by atoms with E-state index in [9.17, 15) is 10.0 Å². The molecule has 2 aliphatic rings. The van der Waals surface area contributed by atoms with Crippen molar-refractivity contribution in [3.8, 4) is 0 Å². The third kappa shape index (κ3) is 3.06. The SMILES string of the molecule is CCNc1c(NC)cc2c3c(oc2c1B(O)O)C(C)CC[C@@H]1C(C)(C)CCC[C@@]31C. The molecule has 3 atom stereocenters. The molecular formula is C24H37BN2O3. The zero-order valence-corrected chi connectivity index (χ0v) is 19.4. The van der Waals surface area contributed by atoms with Crippen LogP contribution in [0.1, 0.15) is 84.0 Å². The van der Waals surface area contributed by atoms with Gasteiger partial charge in [-0.3, -0.25) is 0 Å². The van der Waals surface area contributed by atoms with E-state index >= 15 is 0 Å². The van der Waals surface area contributed by atoms with Crippen LogP contribution in [-0.4, -0.2) is 30.8 Å². The highest BCUT2D eigenvalue weighted by Gasteiger charge is 2.51. The van der Waals surface area contributed by atoms with Crippen molar-refractivity contribution in [3.05, 3.63) is 17.4 Å². The molecule has 6 heteroatoms. The standard InChI is InChI=1S/C24H37BN2O3/c1-7-27-20-16(26-6)13-15-18-21(30-22(15)19(20)25(28)29)14(2)9-10-17-23(3,4)11-8-12-24(17,18)5/h13-14,17,26-29H,7-12H2,1-6H3/t14?,17-,24-/m1/s1. The molecule has 1 saturated carbocycles. The third-order valence-electron chi connectivity index (χ3n) is 8.06. The van der Waals surface area contributed by atoms with Crippen LogP contribution >= 0.6 is 0 Å². The van der Waals surface area contributed by atoms with Crippen molar-refractivity contribution in [2.75, 3.05) is 24.2 Å². The predicted molar refractivity (Wildman–Crippen MR) is 126 cm³/mol. The van der Waals surface area contributed by atoms with Crippen LogP contribution in [0.3, 0.4) is 0 Å². The molecule has 0 saturated heterocycles. The zero-order chi connectivity index (χ0) is 21.8. The summed E-state index contributed by atoms with van der Waals surface area (Å²) in [6, 6.07) is 2.16. The number of anilines is 2. The molecule has 4 N–H and O–H groups in total. The average Bonchev–Trinajstić information content (AvgIpc) is 3.00. The minimum absolute atomic E-state index is 0.0233. The average molecular weight is 412 g/mol. The van der Waals surface area contributed by atoms with Crippen LogP contribution in [-0.2, 0) is 5.41 Å². The van der Waals surface area contributed by atoms with Gasteiger partial charge in [0.15, 0.2) is 0 Å². The summed E-state index contributed by atoms with van der Waals surface area (Å²) in [6.07, 6.45) is 5.94. The van der Waals surface area contributed by atoms with Gasteiger partial charge in [0, 0.05) is 30.5 Å². The van der Waals surface area contributed by atoms with Crippen molar-refractivity contribution < 1.29 is 14.5 Å². The Hall–Kier alpha value is -1.66. The van der Waals surface area contributed by atoms with E-state index in [0.717, 1.165) is 29.7 Å². The summed E-state index contributed by atoms with van der Waals surface area (Å²) >= 11 is 0. The molecule has 1 aromatic heterocycles. The maximum Gasteiger partial charge on any atom is 0.494 e. The fourth-order valence-corrected chi connectivity index (χ4v) is 6.70. The fourth-order valence-electron chi connectivity index (χ4n) is 6.70. The number of rotatable bonds is 4. The lowest BCUT2D eigenvalue weighted by atomic mass is 9.53. The van der Waals surface area contributed by atoms with Gasteiger partial charge in [-0.1, -0.05) is 34.1 Å². The predicted octanol–water partition coefficient (Wildman–Crippen LogP) is 4.57. The van der Waals surface area contributed by atoms with Crippen LogP contribution in [0.5, 0.6) is 0 Å². The minimum atomic E-state index is -1.61. The second kappa shape index (κ2) is 7.49. The van der Waals surface area contributed by atoms with Crippen LogP contribution in [0.15, 0.2) is 10.5 Å². The molecule has 1 heterocycles. The van der Waals surface area contributed by atoms with E-state index in [1.807, 2.05) is 14.0 Å². The Bertz CT molecular complexity index is 952. The lowest BCUT2D eigenvalue weighted by Crippen LogP contribution is -2.44. The number of nitrogens with one attached hydrogen (secondary N) is 2. The van der Waals surface area contributed by atoms with Crippen molar-refractivity contribution in [2.24, 2.45) is 11.3 Å². The van der Waals surface area contributed by atoms with Gasteiger partial charge in [-0.05, 0) is 55.4 Å². The van der Waals surface area contributed by atoms with E-state index < -0.39 is 7.12 Å². The molecule has 0 aliphatic heterocycles. The van der Waals surface area contributed by atoms with Gasteiger partial charge in [-0.15, -0.1) is 0 Å². The first-order valence-corrected chi connectivity index (χ1v) is 11.6. The van der Waals surface area contributed by atoms with Gasteiger partial charge >= 0.3 is 7.12 Å². The second-order valence-electron chi connectivity index (χ2n) is 10.4. The summed E-state index contributed by atoms with van der Waals surface area (Å²) in [5.74, 6) is 1.94. The van der Waals surface area contributed by atoms with Crippen molar-refractivity contribution in [1.29, 1.82) is 0 Å². The van der Waals surface area contributed by atoms with E-state index in [0.29, 0.717) is 35.1 Å². The molecule has 0 amide bonds. The van der Waals surface area contributed by atoms with Crippen LogP contribution in [0.25, 0.3) is 11.0 Å². The number of benzene rings is 1. The fraction of sp³-hybridized carbons (Fsp3) is 0.667. The lowest BCUT2D eigenvalue weighted by molar-refractivity contribution is 0.0504.